The Morgan fingerprint density at radius 1 is 1.29 bits per heavy atom. The van der Waals surface area contributed by atoms with E-state index in [0.29, 0.717) is 18.3 Å². The van der Waals surface area contributed by atoms with Gasteiger partial charge in [0.15, 0.2) is 0 Å². The molecule has 2 heteroatoms. The number of hydrogen-bond acceptors (Lipinski definition) is 2. The Bertz CT molecular complexity index is 266. The Kier molecular flexibility index (Phi) is 4.24. The molecule has 17 heavy (non-hydrogen) atoms. The first-order valence-electron chi connectivity index (χ1n) is 7.36. The molecule has 1 aliphatic carbocycles. The number of carbonyl (C=O) groups excluding carboxylic acids is 1. The van der Waals surface area contributed by atoms with Crippen LogP contribution in [0.15, 0.2) is 0 Å². The Labute approximate surface area is 105 Å². The van der Waals surface area contributed by atoms with Gasteiger partial charge >= 0.3 is 0 Å². The van der Waals surface area contributed by atoms with Gasteiger partial charge in [-0.15, -0.1) is 0 Å². The fraction of sp³-hybridized carbons (Fsp3) is 0.933. The molecule has 0 bridgehead atoms. The molecular weight excluding hydrogens is 212 g/mol. The van der Waals surface area contributed by atoms with Crippen molar-refractivity contribution in [2.24, 2.45) is 5.92 Å². The fourth-order valence-corrected chi connectivity index (χ4v) is 3.50. The van der Waals surface area contributed by atoms with Gasteiger partial charge in [0.25, 0.3) is 0 Å². The van der Waals surface area contributed by atoms with Crippen LogP contribution in [0.4, 0.5) is 0 Å². The van der Waals surface area contributed by atoms with Gasteiger partial charge in [-0.25, -0.2) is 0 Å². The van der Waals surface area contributed by atoms with E-state index >= 15 is 0 Å². The summed E-state index contributed by atoms with van der Waals surface area (Å²) in [7, 11) is 0. The molecule has 1 saturated heterocycles. The van der Waals surface area contributed by atoms with Crippen molar-refractivity contribution in [3.05, 3.63) is 0 Å². The van der Waals surface area contributed by atoms with Gasteiger partial charge in [-0.1, -0.05) is 33.1 Å². The molecule has 2 fully saturated rings. The number of rotatable bonds is 4. The van der Waals surface area contributed by atoms with Crippen LogP contribution >= 0.6 is 0 Å². The summed E-state index contributed by atoms with van der Waals surface area (Å²) in [5, 5.41) is 0. The molecule has 98 valence electrons. The predicted octanol–water partition coefficient (Wildman–Crippen LogP) is 3.87. The van der Waals surface area contributed by atoms with Crippen LogP contribution in [0.2, 0.25) is 0 Å². The van der Waals surface area contributed by atoms with E-state index in [1.807, 2.05) is 6.92 Å². The second-order valence-corrected chi connectivity index (χ2v) is 5.98. The van der Waals surface area contributed by atoms with E-state index in [9.17, 15) is 4.79 Å². The van der Waals surface area contributed by atoms with Crippen molar-refractivity contribution in [3.8, 4) is 0 Å². The number of hydrogen-bond donors (Lipinski definition) is 0. The molecule has 1 spiro atoms. The second kappa shape index (κ2) is 5.51. The van der Waals surface area contributed by atoms with Gasteiger partial charge in [0.1, 0.15) is 5.78 Å². The fourth-order valence-electron chi connectivity index (χ4n) is 3.50. The minimum Gasteiger partial charge on any atom is -0.372 e. The lowest BCUT2D eigenvalue weighted by atomic mass is 9.83. The van der Waals surface area contributed by atoms with Crippen molar-refractivity contribution < 1.29 is 9.53 Å². The normalized spacial score (nSPS) is 29.4. The Balaban J connectivity index is 1.83. The van der Waals surface area contributed by atoms with Crippen LogP contribution in [0, 0.1) is 5.92 Å². The zero-order valence-electron chi connectivity index (χ0n) is 11.3. The van der Waals surface area contributed by atoms with Crippen molar-refractivity contribution in [1.82, 2.24) is 0 Å². The zero-order valence-corrected chi connectivity index (χ0v) is 11.3. The molecule has 0 aromatic carbocycles. The first-order chi connectivity index (χ1) is 8.15. The molecule has 1 aliphatic heterocycles. The number of ether oxygens (including phenoxy) is 1. The van der Waals surface area contributed by atoms with E-state index in [1.54, 1.807) is 0 Å². The third-order valence-electron chi connectivity index (χ3n) is 4.62. The number of ketones is 1. The maximum absolute atomic E-state index is 11.6. The zero-order chi connectivity index (χ0) is 12.3. The van der Waals surface area contributed by atoms with Crippen LogP contribution in [0.5, 0.6) is 0 Å². The average Bonchev–Trinajstić information content (AvgIpc) is 2.72. The largest absolute Gasteiger partial charge is 0.372 e. The first-order valence-corrected chi connectivity index (χ1v) is 7.36. The minimum atomic E-state index is 0.184. The third-order valence-corrected chi connectivity index (χ3v) is 4.62. The lowest BCUT2D eigenvalue weighted by molar-refractivity contribution is -0.124. The summed E-state index contributed by atoms with van der Waals surface area (Å²) in [5.74, 6) is 0.571. The van der Waals surface area contributed by atoms with E-state index in [4.69, 9.17) is 4.74 Å². The molecular formula is C15H26O2. The van der Waals surface area contributed by atoms with Crippen LogP contribution < -0.4 is 0 Å². The maximum atomic E-state index is 11.6. The molecule has 1 saturated carbocycles. The molecule has 2 rings (SSSR count). The molecule has 2 aliphatic rings. The topological polar surface area (TPSA) is 26.3 Å². The Morgan fingerprint density at radius 3 is 2.65 bits per heavy atom. The van der Waals surface area contributed by atoms with Crippen LogP contribution in [0.1, 0.15) is 71.6 Å². The van der Waals surface area contributed by atoms with Crippen LogP contribution in [-0.2, 0) is 9.53 Å². The smallest absolute Gasteiger partial charge is 0.135 e. The molecule has 2 nitrogen and oxygen atoms in total. The van der Waals surface area contributed by atoms with Gasteiger partial charge in [0, 0.05) is 12.3 Å². The van der Waals surface area contributed by atoms with Crippen molar-refractivity contribution in [1.29, 1.82) is 0 Å². The number of carbonyl (C=O) groups is 1. The predicted molar refractivity (Wildman–Crippen MR) is 69.0 cm³/mol. The SMILES string of the molecule is CCC(=O)C(C)CC1CCC2(CCCCC2)O1. The van der Waals surface area contributed by atoms with E-state index in [1.165, 1.54) is 44.9 Å². The first kappa shape index (κ1) is 13.1. The van der Waals surface area contributed by atoms with Crippen molar-refractivity contribution >= 4 is 5.78 Å². The molecule has 0 aromatic rings. The maximum Gasteiger partial charge on any atom is 0.135 e. The summed E-state index contributed by atoms with van der Waals surface area (Å²) in [6, 6.07) is 0. The highest BCUT2D eigenvalue weighted by molar-refractivity contribution is 5.80. The van der Waals surface area contributed by atoms with Gasteiger partial charge in [-0.05, 0) is 32.1 Å². The second-order valence-electron chi connectivity index (χ2n) is 5.98. The van der Waals surface area contributed by atoms with Crippen molar-refractivity contribution in [2.75, 3.05) is 0 Å². The highest BCUT2D eigenvalue weighted by Gasteiger charge is 2.41. The molecule has 0 amide bonds. The highest BCUT2D eigenvalue weighted by atomic mass is 16.5. The molecule has 1 heterocycles. The standard InChI is InChI=1S/C15H26O2/c1-3-14(16)12(2)11-13-7-10-15(17-13)8-5-4-6-9-15/h12-13H,3-11H2,1-2H3. The minimum absolute atomic E-state index is 0.184. The van der Waals surface area contributed by atoms with Gasteiger partial charge in [0.05, 0.1) is 11.7 Å². The van der Waals surface area contributed by atoms with Crippen LogP contribution in [0.3, 0.4) is 0 Å². The molecule has 0 radical (unpaired) electrons. The average molecular weight is 238 g/mol. The summed E-state index contributed by atoms with van der Waals surface area (Å²) in [4.78, 5) is 11.6. The van der Waals surface area contributed by atoms with E-state index < -0.39 is 0 Å². The van der Waals surface area contributed by atoms with E-state index in [0.717, 1.165) is 6.42 Å². The van der Waals surface area contributed by atoms with E-state index in [2.05, 4.69) is 6.92 Å². The summed E-state index contributed by atoms with van der Waals surface area (Å²) in [6.45, 7) is 4.01. The van der Waals surface area contributed by atoms with E-state index in [-0.39, 0.29) is 11.5 Å². The van der Waals surface area contributed by atoms with Gasteiger partial charge in [0.2, 0.25) is 0 Å². The van der Waals surface area contributed by atoms with Crippen molar-refractivity contribution in [2.45, 2.75) is 83.3 Å². The number of Topliss-reactive ketones (excluding diaryl/α,β-unsaturated/α-hetero) is 1. The Hall–Kier alpha value is -0.370. The van der Waals surface area contributed by atoms with Crippen molar-refractivity contribution in [3.63, 3.8) is 0 Å². The monoisotopic (exact) mass is 238 g/mol. The Morgan fingerprint density at radius 2 is 2.00 bits per heavy atom. The highest BCUT2D eigenvalue weighted by Crippen LogP contribution is 2.43. The van der Waals surface area contributed by atoms with Crippen LogP contribution in [0.25, 0.3) is 0 Å². The van der Waals surface area contributed by atoms with Gasteiger partial charge in [-0.3, -0.25) is 4.79 Å². The molecule has 0 aromatic heterocycles. The summed E-state index contributed by atoms with van der Waals surface area (Å²) in [6.07, 6.45) is 10.9. The summed E-state index contributed by atoms with van der Waals surface area (Å²) in [5.41, 5.74) is 0.206. The van der Waals surface area contributed by atoms with Crippen LogP contribution in [-0.4, -0.2) is 17.5 Å². The van der Waals surface area contributed by atoms with Gasteiger partial charge in [-0.2, -0.15) is 0 Å². The summed E-state index contributed by atoms with van der Waals surface area (Å²) < 4.78 is 6.30. The molecule has 2 unspecified atom stereocenters. The third kappa shape index (κ3) is 3.09. The molecule has 0 N–H and O–H groups in total. The molecule has 2 atom stereocenters. The quantitative estimate of drug-likeness (QED) is 0.743. The summed E-state index contributed by atoms with van der Waals surface area (Å²) >= 11 is 0. The lowest BCUT2D eigenvalue weighted by Crippen LogP contribution is -2.32. The van der Waals surface area contributed by atoms with Gasteiger partial charge < -0.3 is 4.74 Å². The lowest BCUT2D eigenvalue weighted by Gasteiger charge is -2.33.